The van der Waals surface area contributed by atoms with Crippen LogP contribution in [0.5, 0.6) is 5.75 Å². The Balaban J connectivity index is 1.36. The molecule has 1 aliphatic heterocycles. The Morgan fingerprint density at radius 1 is 0.964 bits per heavy atom. The van der Waals surface area contributed by atoms with Crippen LogP contribution in [0.2, 0.25) is 0 Å². The molecular weight excluding hydrogens is 350 g/mol. The minimum atomic E-state index is -0.551. The molecular formula is C23H17N3O2. The van der Waals surface area contributed by atoms with E-state index in [9.17, 15) is 4.79 Å². The van der Waals surface area contributed by atoms with E-state index in [0.29, 0.717) is 12.1 Å². The van der Waals surface area contributed by atoms with Gasteiger partial charge in [-0.25, -0.2) is 0 Å². The van der Waals surface area contributed by atoms with E-state index in [1.165, 1.54) is 0 Å². The predicted octanol–water partition coefficient (Wildman–Crippen LogP) is 4.24. The molecule has 1 atom stereocenters. The average Bonchev–Trinajstić information content (AvgIpc) is 3.20. The maximum Gasteiger partial charge on any atom is 0.265 e. The largest absolute Gasteiger partial charge is 0.480 e. The van der Waals surface area contributed by atoms with Crippen LogP contribution in [0.3, 0.4) is 0 Å². The Kier molecular flexibility index (Phi) is 3.98. The molecule has 0 radical (unpaired) electrons. The summed E-state index contributed by atoms with van der Waals surface area (Å²) in [6, 6.07) is 17.8. The summed E-state index contributed by atoms with van der Waals surface area (Å²) in [5.41, 5.74) is 3.64. The highest BCUT2D eigenvalue weighted by atomic mass is 16.5. The number of rotatable bonds is 3. The van der Waals surface area contributed by atoms with Gasteiger partial charge in [0.15, 0.2) is 6.10 Å². The summed E-state index contributed by atoms with van der Waals surface area (Å²) in [6.45, 7) is 0. The van der Waals surface area contributed by atoms with Gasteiger partial charge in [-0.1, -0.05) is 30.3 Å². The van der Waals surface area contributed by atoms with Crippen molar-refractivity contribution in [3.8, 4) is 16.9 Å². The van der Waals surface area contributed by atoms with Crippen LogP contribution in [-0.2, 0) is 11.2 Å². The second-order valence-corrected chi connectivity index (χ2v) is 6.76. The van der Waals surface area contributed by atoms with Crippen molar-refractivity contribution in [3.63, 3.8) is 0 Å². The third-order valence-electron chi connectivity index (χ3n) is 4.97. The number of hydrogen-bond donors (Lipinski definition) is 1. The molecule has 0 saturated heterocycles. The van der Waals surface area contributed by atoms with Crippen LogP contribution in [0.15, 0.2) is 79.4 Å². The number of ether oxygens (including phenoxy) is 1. The van der Waals surface area contributed by atoms with Gasteiger partial charge in [-0.15, -0.1) is 0 Å². The van der Waals surface area contributed by atoms with Crippen LogP contribution in [0, 0.1) is 0 Å². The van der Waals surface area contributed by atoms with E-state index < -0.39 is 6.10 Å². The van der Waals surface area contributed by atoms with Crippen molar-refractivity contribution in [2.75, 3.05) is 5.32 Å². The zero-order chi connectivity index (χ0) is 18.9. The summed E-state index contributed by atoms with van der Waals surface area (Å²) in [6.07, 6.45) is 6.87. The fourth-order valence-electron chi connectivity index (χ4n) is 3.60. The molecule has 136 valence electrons. The first-order valence-electron chi connectivity index (χ1n) is 9.11. The molecule has 0 aliphatic carbocycles. The Morgan fingerprint density at radius 2 is 1.82 bits per heavy atom. The molecule has 0 bridgehead atoms. The van der Waals surface area contributed by atoms with Gasteiger partial charge in [-0.2, -0.15) is 0 Å². The van der Waals surface area contributed by atoms with Crippen molar-refractivity contribution in [1.29, 1.82) is 0 Å². The predicted molar refractivity (Wildman–Crippen MR) is 108 cm³/mol. The smallest absolute Gasteiger partial charge is 0.265 e. The van der Waals surface area contributed by atoms with Gasteiger partial charge in [0, 0.05) is 36.1 Å². The summed E-state index contributed by atoms with van der Waals surface area (Å²) >= 11 is 0. The molecule has 3 heterocycles. The van der Waals surface area contributed by atoms with E-state index in [2.05, 4.69) is 27.4 Å². The van der Waals surface area contributed by atoms with Crippen LogP contribution in [0.25, 0.3) is 21.9 Å². The molecule has 0 spiro atoms. The fourth-order valence-corrected chi connectivity index (χ4v) is 3.60. The third-order valence-corrected chi connectivity index (χ3v) is 4.97. The SMILES string of the molecule is O=C(Nc1cncc(-c2ccncc2)c1)C1Cc2c(ccc3ccccc23)O1. The van der Waals surface area contributed by atoms with E-state index >= 15 is 0 Å². The molecule has 5 nitrogen and oxygen atoms in total. The number of amides is 1. The van der Waals surface area contributed by atoms with Crippen molar-refractivity contribution >= 4 is 22.4 Å². The second kappa shape index (κ2) is 6.78. The molecule has 5 rings (SSSR count). The summed E-state index contributed by atoms with van der Waals surface area (Å²) in [7, 11) is 0. The van der Waals surface area contributed by atoms with Crippen molar-refractivity contribution in [3.05, 3.63) is 84.9 Å². The number of pyridine rings is 2. The number of nitrogens with zero attached hydrogens (tertiary/aromatic N) is 2. The normalized spacial score (nSPS) is 15.1. The van der Waals surface area contributed by atoms with Crippen LogP contribution in [-0.4, -0.2) is 22.0 Å². The molecule has 1 amide bonds. The lowest BCUT2D eigenvalue weighted by Gasteiger charge is -2.12. The van der Waals surface area contributed by atoms with Crippen LogP contribution in [0.4, 0.5) is 5.69 Å². The van der Waals surface area contributed by atoms with Crippen molar-refractivity contribution < 1.29 is 9.53 Å². The highest BCUT2D eigenvalue weighted by Crippen LogP contribution is 2.35. The Labute approximate surface area is 162 Å². The molecule has 5 heteroatoms. The van der Waals surface area contributed by atoms with Crippen molar-refractivity contribution in [1.82, 2.24) is 9.97 Å². The van der Waals surface area contributed by atoms with E-state index in [-0.39, 0.29) is 5.91 Å². The number of fused-ring (bicyclic) bond motifs is 3. The van der Waals surface area contributed by atoms with E-state index in [1.54, 1.807) is 24.8 Å². The van der Waals surface area contributed by atoms with Gasteiger partial charge in [-0.3, -0.25) is 14.8 Å². The zero-order valence-electron chi connectivity index (χ0n) is 15.0. The lowest BCUT2D eigenvalue weighted by Crippen LogP contribution is -2.31. The van der Waals surface area contributed by atoms with E-state index in [0.717, 1.165) is 33.2 Å². The summed E-state index contributed by atoms with van der Waals surface area (Å²) < 4.78 is 5.92. The van der Waals surface area contributed by atoms with Crippen LogP contribution >= 0.6 is 0 Å². The summed E-state index contributed by atoms with van der Waals surface area (Å²) in [5.74, 6) is 0.608. The molecule has 2 aromatic heterocycles. The highest BCUT2D eigenvalue weighted by Gasteiger charge is 2.30. The van der Waals surface area contributed by atoms with E-state index in [1.807, 2.05) is 42.5 Å². The molecule has 0 fully saturated rings. The first-order chi connectivity index (χ1) is 13.8. The number of benzene rings is 2. The van der Waals surface area contributed by atoms with Gasteiger partial charge >= 0.3 is 0 Å². The number of nitrogens with one attached hydrogen (secondary N) is 1. The minimum absolute atomic E-state index is 0.172. The molecule has 1 unspecified atom stereocenters. The molecule has 1 N–H and O–H groups in total. The number of anilines is 1. The molecule has 0 saturated carbocycles. The standard InChI is InChI=1S/C23H17N3O2/c27-23(26-18-11-17(13-25-14-18)15-7-9-24-10-8-15)22-12-20-19-4-2-1-3-16(19)5-6-21(20)28-22/h1-11,13-14,22H,12H2,(H,26,27). The summed E-state index contributed by atoms with van der Waals surface area (Å²) in [5, 5.41) is 5.22. The van der Waals surface area contributed by atoms with E-state index in [4.69, 9.17) is 4.74 Å². The highest BCUT2D eigenvalue weighted by molar-refractivity contribution is 5.97. The Hall–Kier alpha value is -3.73. The van der Waals surface area contributed by atoms with Gasteiger partial charge in [0.25, 0.3) is 5.91 Å². The van der Waals surface area contributed by atoms with Gasteiger partial charge in [0.2, 0.25) is 0 Å². The Morgan fingerprint density at radius 3 is 2.71 bits per heavy atom. The maximum absolute atomic E-state index is 12.8. The maximum atomic E-state index is 12.8. The zero-order valence-corrected chi connectivity index (χ0v) is 15.0. The molecule has 1 aliphatic rings. The first-order valence-corrected chi connectivity index (χ1v) is 9.11. The molecule has 28 heavy (non-hydrogen) atoms. The number of hydrogen-bond acceptors (Lipinski definition) is 4. The lowest BCUT2D eigenvalue weighted by molar-refractivity contribution is -0.122. The average molecular weight is 367 g/mol. The number of carbonyl (C=O) groups excluding carboxylic acids is 1. The monoisotopic (exact) mass is 367 g/mol. The number of aromatic nitrogens is 2. The Bertz CT molecular complexity index is 1170. The lowest BCUT2D eigenvalue weighted by atomic mass is 10.0. The summed E-state index contributed by atoms with van der Waals surface area (Å²) in [4.78, 5) is 21.1. The third kappa shape index (κ3) is 2.97. The molecule has 2 aromatic carbocycles. The first kappa shape index (κ1) is 16.4. The molecule has 4 aromatic rings. The quantitative estimate of drug-likeness (QED) is 0.588. The fraction of sp³-hybridized carbons (Fsp3) is 0.0870. The number of carbonyl (C=O) groups is 1. The minimum Gasteiger partial charge on any atom is -0.480 e. The topological polar surface area (TPSA) is 64.1 Å². The van der Waals surface area contributed by atoms with Crippen molar-refractivity contribution in [2.24, 2.45) is 0 Å². The second-order valence-electron chi connectivity index (χ2n) is 6.76. The van der Waals surface area contributed by atoms with Crippen LogP contribution in [0.1, 0.15) is 5.56 Å². The van der Waals surface area contributed by atoms with Crippen molar-refractivity contribution in [2.45, 2.75) is 12.5 Å². The van der Waals surface area contributed by atoms with Gasteiger partial charge < -0.3 is 10.1 Å². The van der Waals surface area contributed by atoms with Gasteiger partial charge in [-0.05, 0) is 40.6 Å². The van der Waals surface area contributed by atoms with Gasteiger partial charge in [0.05, 0.1) is 11.9 Å². The van der Waals surface area contributed by atoms with Gasteiger partial charge in [0.1, 0.15) is 5.75 Å². The van der Waals surface area contributed by atoms with Crippen LogP contribution < -0.4 is 10.1 Å².